The highest BCUT2D eigenvalue weighted by Gasteiger charge is 2.23. The van der Waals surface area contributed by atoms with E-state index < -0.39 is 6.23 Å². The Morgan fingerprint density at radius 2 is 2.25 bits per heavy atom. The monoisotopic (exact) mass is 214 g/mol. The molecule has 0 radical (unpaired) electrons. The second-order valence-electron chi connectivity index (χ2n) is 3.61. The van der Waals surface area contributed by atoms with Gasteiger partial charge in [-0.15, -0.1) is 0 Å². The summed E-state index contributed by atoms with van der Waals surface area (Å²) in [7, 11) is 0. The van der Waals surface area contributed by atoms with Crippen molar-refractivity contribution in [3.63, 3.8) is 0 Å². The number of nitrogens with zero attached hydrogens (tertiary/aromatic N) is 1. The lowest BCUT2D eigenvalue weighted by molar-refractivity contribution is 0.266. The summed E-state index contributed by atoms with van der Waals surface area (Å²) >= 11 is 0. The number of benzene rings is 1. The van der Waals surface area contributed by atoms with Crippen LogP contribution >= 0.6 is 0 Å². The molecule has 80 valence electrons. The molecule has 0 spiro atoms. The summed E-state index contributed by atoms with van der Waals surface area (Å²) < 4.78 is 4.89. The van der Waals surface area contributed by atoms with Crippen LogP contribution in [-0.4, -0.2) is 16.3 Å². The van der Waals surface area contributed by atoms with Crippen molar-refractivity contribution in [3.8, 4) is 0 Å². The molecule has 2 heterocycles. The van der Waals surface area contributed by atoms with Crippen molar-refractivity contribution in [2.45, 2.75) is 6.23 Å². The van der Waals surface area contributed by atoms with Crippen LogP contribution in [0.3, 0.4) is 0 Å². The van der Waals surface area contributed by atoms with Gasteiger partial charge < -0.3 is 14.8 Å². The summed E-state index contributed by atoms with van der Waals surface area (Å²) in [6.45, 7) is 0. The molecule has 3 rings (SSSR count). The first-order valence-electron chi connectivity index (χ1n) is 4.98. The van der Waals surface area contributed by atoms with Crippen LogP contribution in [0.25, 0.3) is 11.6 Å². The van der Waals surface area contributed by atoms with E-state index in [1.165, 1.54) is 6.39 Å². The lowest BCUT2D eigenvalue weighted by atomic mass is 10.1. The molecule has 0 saturated carbocycles. The van der Waals surface area contributed by atoms with Crippen LogP contribution in [0.5, 0.6) is 0 Å². The van der Waals surface area contributed by atoms with Gasteiger partial charge in [-0.25, -0.2) is 4.98 Å². The van der Waals surface area contributed by atoms with Crippen LogP contribution in [0.4, 0.5) is 5.69 Å². The summed E-state index contributed by atoms with van der Waals surface area (Å²) in [4.78, 5) is 4.01. The van der Waals surface area contributed by atoms with Gasteiger partial charge in [-0.05, 0) is 12.1 Å². The Kier molecular flexibility index (Phi) is 2.01. The molecule has 1 aliphatic heterocycles. The number of anilines is 1. The Bertz CT molecular complexity index is 532. The molecule has 4 nitrogen and oxygen atoms in total. The number of hydrogen-bond donors (Lipinski definition) is 2. The van der Waals surface area contributed by atoms with E-state index in [1.54, 1.807) is 6.26 Å². The highest BCUT2D eigenvalue weighted by molar-refractivity contribution is 5.93. The molecule has 2 N–H and O–H groups in total. The molecule has 4 heteroatoms. The van der Waals surface area contributed by atoms with E-state index in [1.807, 2.05) is 30.3 Å². The lowest BCUT2D eigenvalue weighted by Gasteiger charge is -2.03. The van der Waals surface area contributed by atoms with Gasteiger partial charge in [0.2, 0.25) is 0 Å². The van der Waals surface area contributed by atoms with Gasteiger partial charge in [0.05, 0.1) is 0 Å². The van der Waals surface area contributed by atoms with Gasteiger partial charge >= 0.3 is 0 Å². The third-order valence-corrected chi connectivity index (χ3v) is 2.58. The quantitative estimate of drug-likeness (QED) is 0.761. The maximum Gasteiger partial charge on any atom is 0.181 e. The maximum absolute atomic E-state index is 9.87. The lowest BCUT2D eigenvalue weighted by Crippen LogP contribution is -2.12. The minimum absolute atomic E-state index is 0.686. The molecule has 16 heavy (non-hydrogen) atoms. The second kappa shape index (κ2) is 3.50. The van der Waals surface area contributed by atoms with Crippen LogP contribution in [0.1, 0.15) is 11.3 Å². The highest BCUT2D eigenvalue weighted by atomic mass is 16.3. The van der Waals surface area contributed by atoms with Gasteiger partial charge in [0.25, 0.3) is 0 Å². The van der Waals surface area contributed by atoms with E-state index in [2.05, 4.69) is 10.3 Å². The molecule has 0 saturated heterocycles. The van der Waals surface area contributed by atoms with Gasteiger partial charge in [0.15, 0.2) is 12.6 Å². The van der Waals surface area contributed by atoms with E-state index in [0.717, 1.165) is 16.8 Å². The number of hydrogen-bond acceptors (Lipinski definition) is 4. The number of aliphatic hydroxyl groups is 1. The molecule has 1 aromatic heterocycles. The molecule has 1 aromatic carbocycles. The first kappa shape index (κ1) is 9.18. The van der Waals surface area contributed by atoms with E-state index in [4.69, 9.17) is 4.42 Å². The first-order valence-corrected chi connectivity index (χ1v) is 4.98. The number of oxazole rings is 1. The van der Waals surface area contributed by atoms with Crippen molar-refractivity contribution in [3.05, 3.63) is 48.2 Å². The minimum Gasteiger partial charge on any atom is -0.451 e. The SMILES string of the molecule is OC1Nc2ccccc2/C1=C/c1cocn1. The Morgan fingerprint density at radius 3 is 3.06 bits per heavy atom. The van der Waals surface area contributed by atoms with Crippen molar-refractivity contribution >= 4 is 17.3 Å². The van der Waals surface area contributed by atoms with Crippen LogP contribution < -0.4 is 5.32 Å². The average Bonchev–Trinajstić information content (AvgIpc) is 2.89. The predicted octanol–water partition coefficient (Wildman–Crippen LogP) is 1.96. The van der Waals surface area contributed by atoms with E-state index >= 15 is 0 Å². The summed E-state index contributed by atoms with van der Waals surface area (Å²) in [5, 5.41) is 12.9. The topological polar surface area (TPSA) is 58.3 Å². The van der Waals surface area contributed by atoms with E-state index in [0.29, 0.717) is 5.69 Å². The summed E-state index contributed by atoms with van der Waals surface area (Å²) in [5.41, 5.74) is 3.44. The molecular weight excluding hydrogens is 204 g/mol. The zero-order valence-corrected chi connectivity index (χ0v) is 8.42. The van der Waals surface area contributed by atoms with Gasteiger partial charge in [0, 0.05) is 16.8 Å². The Morgan fingerprint density at radius 1 is 1.38 bits per heavy atom. The third-order valence-electron chi connectivity index (χ3n) is 2.58. The van der Waals surface area contributed by atoms with Gasteiger partial charge in [-0.1, -0.05) is 18.2 Å². The third kappa shape index (κ3) is 1.40. The van der Waals surface area contributed by atoms with Gasteiger partial charge in [-0.3, -0.25) is 0 Å². The van der Waals surface area contributed by atoms with E-state index in [-0.39, 0.29) is 0 Å². The highest BCUT2D eigenvalue weighted by Crippen LogP contribution is 2.34. The van der Waals surface area contributed by atoms with Crippen LogP contribution in [0, 0.1) is 0 Å². The second-order valence-corrected chi connectivity index (χ2v) is 3.61. The fourth-order valence-corrected chi connectivity index (χ4v) is 1.84. The fraction of sp³-hybridized carbons (Fsp3) is 0.0833. The zero-order valence-electron chi connectivity index (χ0n) is 8.42. The van der Waals surface area contributed by atoms with Crippen molar-refractivity contribution in [1.29, 1.82) is 0 Å². The Hall–Kier alpha value is -2.07. The van der Waals surface area contributed by atoms with Crippen LogP contribution in [0.15, 0.2) is 41.3 Å². The van der Waals surface area contributed by atoms with Crippen molar-refractivity contribution < 1.29 is 9.52 Å². The standard InChI is InChI=1S/C12H10N2O2/c15-12-10(5-8-6-16-7-13-8)9-3-1-2-4-11(9)14-12/h1-7,12,14-15H/b10-5-. The van der Waals surface area contributed by atoms with E-state index in [9.17, 15) is 5.11 Å². The molecular formula is C12H10N2O2. The summed E-state index contributed by atoms with van der Waals surface area (Å²) in [5.74, 6) is 0. The zero-order chi connectivity index (χ0) is 11.0. The minimum atomic E-state index is -0.686. The van der Waals surface area contributed by atoms with Crippen LogP contribution in [0.2, 0.25) is 0 Å². The number of nitrogens with one attached hydrogen (secondary N) is 1. The number of aromatic nitrogens is 1. The maximum atomic E-state index is 9.87. The summed E-state index contributed by atoms with van der Waals surface area (Å²) in [6.07, 6.45) is 4.04. The smallest absolute Gasteiger partial charge is 0.181 e. The molecule has 0 bridgehead atoms. The first-order chi connectivity index (χ1) is 7.84. The Labute approximate surface area is 92.2 Å². The number of rotatable bonds is 1. The van der Waals surface area contributed by atoms with Crippen molar-refractivity contribution in [1.82, 2.24) is 4.98 Å². The number of para-hydroxylation sites is 1. The molecule has 1 unspecified atom stereocenters. The normalized spacial score (nSPS) is 20.8. The molecule has 0 amide bonds. The van der Waals surface area contributed by atoms with Crippen LogP contribution in [-0.2, 0) is 0 Å². The average molecular weight is 214 g/mol. The number of fused-ring (bicyclic) bond motifs is 1. The fourth-order valence-electron chi connectivity index (χ4n) is 1.84. The molecule has 1 aliphatic rings. The van der Waals surface area contributed by atoms with Gasteiger partial charge in [0.1, 0.15) is 12.0 Å². The Balaban J connectivity index is 2.08. The molecule has 0 aliphatic carbocycles. The van der Waals surface area contributed by atoms with Crippen molar-refractivity contribution in [2.24, 2.45) is 0 Å². The molecule has 0 fully saturated rings. The molecule has 2 aromatic rings. The predicted molar refractivity (Wildman–Crippen MR) is 60.4 cm³/mol. The number of aliphatic hydroxyl groups excluding tert-OH is 1. The van der Waals surface area contributed by atoms with Gasteiger partial charge in [-0.2, -0.15) is 0 Å². The van der Waals surface area contributed by atoms with Crippen molar-refractivity contribution in [2.75, 3.05) is 5.32 Å². The summed E-state index contributed by atoms with van der Waals surface area (Å²) in [6, 6.07) is 7.76. The molecule has 1 atom stereocenters. The largest absolute Gasteiger partial charge is 0.451 e.